The highest BCUT2D eigenvalue weighted by Crippen LogP contribution is 2.31. The second kappa shape index (κ2) is 6.19. The summed E-state index contributed by atoms with van der Waals surface area (Å²) in [5.74, 6) is -0.107. The quantitative estimate of drug-likeness (QED) is 0.791. The Labute approximate surface area is 126 Å². The third kappa shape index (κ3) is 3.68. The number of aliphatic imine (C=N–C) groups is 1. The topological polar surface area (TPSA) is 93.5 Å². The van der Waals surface area contributed by atoms with Gasteiger partial charge in [-0.25, -0.2) is 0 Å². The van der Waals surface area contributed by atoms with Crippen molar-refractivity contribution in [3.63, 3.8) is 0 Å². The van der Waals surface area contributed by atoms with E-state index in [1.165, 1.54) is 0 Å². The first kappa shape index (κ1) is 14.7. The molecule has 1 aromatic rings. The van der Waals surface area contributed by atoms with Crippen LogP contribution < -0.4 is 16.8 Å². The Bertz CT molecular complexity index is 591. The van der Waals surface area contributed by atoms with Gasteiger partial charge in [0.25, 0.3) is 0 Å². The molecule has 106 valence electrons. The number of hydrogen-bond acceptors (Lipinski definition) is 4. The van der Waals surface area contributed by atoms with E-state index in [-0.39, 0.29) is 18.4 Å². The van der Waals surface area contributed by atoms with Gasteiger partial charge in [0, 0.05) is 21.9 Å². The molecule has 20 heavy (non-hydrogen) atoms. The van der Waals surface area contributed by atoms with Gasteiger partial charge in [-0.1, -0.05) is 22.0 Å². The van der Waals surface area contributed by atoms with Gasteiger partial charge in [0.1, 0.15) is 0 Å². The molecule has 1 aliphatic heterocycles. The standard InChI is InChI=1S/C14H17BrN4O/c1-8(16)2-4-10(17)12-7-14(20)19-13-6-9(15)3-5-11(13)18-12/h2-3,5-6,10H,4,7,16-17H2,1H3,(H,19,20)/b8-2-. The Hall–Kier alpha value is -1.66. The second-order valence-electron chi connectivity index (χ2n) is 4.78. The third-order valence-corrected chi connectivity index (χ3v) is 3.45. The molecule has 5 nitrogen and oxygen atoms in total. The molecule has 0 bridgehead atoms. The number of anilines is 1. The summed E-state index contributed by atoms with van der Waals surface area (Å²) in [6, 6.07) is 5.25. The molecule has 1 unspecified atom stereocenters. The molecule has 1 heterocycles. The minimum atomic E-state index is -0.311. The van der Waals surface area contributed by atoms with E-state index in [0.29, 0.717) is 23.5 Å². The summed E-state index contributed by atoms with van der Waals surface area (Å²) in [7, 11) is 0. The zero-order chi connectivity index (χ0) is 14.7. The lowest BCUT2D eigenvalue weighted by atomic mass is 10.1. The predicted octanol–water partition coefficient (Wildman–Crippen LogP) is 2.44. The van der Waals surface area contributed by atoms with E-state index >= 15 is 0 Å². The third-order valence-electron chi connectivity index (χ3n) is 2.96. The number of halogens is 1. The molecule has 0 aromatic heterocycles. The van der Waals surface area contributed by atoms with Gasteiger partial charge in [-0.05, 0) is 31.5 Å². The SMILES string of the molecule is C/C(N)=C/CC(N)C1=Nc2ccc(Br)cc2NC(=O)C1. The number of fused-ring (bicyclic) bond motifs is 1. The minimum absolute atomic E-state index is 0.107. The zero-order valence-corrected chi connectivity index (χ0v) is 12.8. The summed E-state index contributed by atoms with van der Waals surface area (Å²) in [5.41, 5.74) is 14.5. The Morgan fingerprint density at radius 2 is 2.35 bits per heavy atom. The molecule has 2 rings (SSSR count). The van der Waals surface area contributed by atoms with Crippen LogP contribution in [0, 0.1) is 0 Å². The molecule has 1 aliphatic rings. The van der Waals surface area contributed by atoms with Gasteiger partial charge in [-0.2, -0.15) is 0 Å². The Balaban J connectivity index is 2.31. The lowest BCUT2D eigenvalue weighted by Crippen LogP contribution is -2.32. The maximum absolute atomic E-state index is 11.9. The van der Waals surface area contributed by atoms with Crippen LogP contribution in [-0.4, -0.2) is 17.7 Å². The molecule has 0 aliphatic carbocycles. The number of carbonyl (C=O) groups excluding carboxylic acids is 1. The fourth-order valence-corrected chi connectivity index (χ4v) is 2.28. The van der Waals surface area contributed by atoms with E-state index in [2.05, 4.69) is 26.2 Å². The lowest BCUT2D eigenvalue weighted by molar-refractivity contribution is -0.115. The minimum Gasteiger partial charge on any atom is -0.403 e. The average Bonchev–Trinajstić information content (AvgIpc) is 2.53. The van der Waals surface area contributed by atoms with Crippen molar-refractivity contribution in [2.45, 2.75) is 25.8 Å². The largest absolute Gasteiger partial charge is 0.403 e. The first-order chi connectivity index (χ1) is 9.45. The number of rotatable bonds is 3. The fraction of sp³-hybridized carbons (Fsp3) is 0.286. The summed E-state index contributed by atoms with van der Waals surface area (Å²) in [5, 5.41) is 2.83. The van der Waals surface area contributed by atoms with Crippen molar-refractivity contribution in [3.05, 3.63) is 34.4 Å². The van der Waals surface area contributed by atoms with Gasteiger partial charge in [-0.3, -0.25) is 9.79 Å². The Morgan fingerprint density at radius 3 is 3.05 bits per heavy atom. The first-order valence-corrected chi connectivity index (χ1v) is 7.09. The van der Waals surface area contributed by atoms with Gasteiger partial charge < -0.3 is 16.8 Å². The first-order valence-electron chi connectivity index (χ1n) is 6.30. The summed E-state index contributed by atoms with van der Waals surface area (Å²) in [4.78, 5) is 16.4. The summed E-state index contributed by atoms with van der Waals surface area (Å²) in [6.45, 7) is 1.81. The smallest absolute Gasteiger partial charge is 0.230 e. The van der Waals surface area contributed by atoms with Crippen molar-refractivity contribution in [2.24, 2.45) is 16.5 Å². The van der Waals surface area contributed by atoms with Crippen LogP contribution >= 0.6 is 15.9 Å². The van der Waals surface area contributed by atoms with E-state index in [9.17, 15) is 4.79 Å². The lowest BCUT2D eigenvalue weighted by Gasteiger charge is -2.11. The number of carbonyl (C=O) groups is 1. The molecule has 0 fully saturated rings. The van der Waals surface area contributed by atoms with E-state index in [0.717, 1.165) is 10.2 Å². The molecule has 0 saturated carbocycles. The van der Waals surface area contributed by atoms with Crippen molar-refractivity contribution in [3.8, 4) is 0 Å². The van der Waals surface area contributed by atoms with Crippen molar-refractivity contribution in [1.82, 2.24) is 0 Å². The number of hydrogen-bond donors (Lipinski definition) is 3. The van der Waals surface area contributed by atoms with Gasteiger partial charge in [-0.15, -0.1) is 0 Å². The van der Waals surface area contributed by atoms with Gasteiger partial charge >= 0.3 is 0 Å². The number of benzene rings is 1. The molecule has 6 heteroatoms. The number of nitrogens with one attached hydrogen (secondary N) is 1. The average molecular weight is 337 g/mol. The van der Waals surface area contributed by atoms with Crippen LogP contribution in [0.5, 0.6) is 0 Å². The van der Waals surface area contributed by atoms with Crippen molar-refractivity contribution in [1.29, 1.82) is 0 Å². The van der Waals surface area contributed by atoms with Crippen molar-refractivity contribution >= 4 is 38.9 Å². The fourth-order valence-electron chi connectivity index (χ4n) is 1.92. The molecule has 0 saturated heterocycles. The van der Waals surface area contributed by atoms with Crippen LogP contribution in [0.4, 0.5) is 11.4 Å². The summed E-state index contributed by atoms with van der Waals surface area (Å²) in [6.07, 6.45) is 2.61. The molecular formula is C14H17BrN4O. The van der Waals surface area contributed by atoms with Crippen LogP contribution in [-0.2, 0) is 4.79 Å². The molecule has 0 radical (unpaired) electrons. The number of nitrogens with zero attached hydrogens (tertiary/aromatic N) is 1. The molecule has 1 amide bonds. The van der Waals surface area contributed by atoms with Crippen LogP contribution in [0.25, 0.3) is 0 Å². The van der Waals surface area contributed by atoms with E-state index in [1.807, 2.05) is 24.3 Å². The van der Waals surface area contributed by atoms with Gasteiger partial charge in [0.15, 0.2) is 0 Å². The molecule has 0 spiro atoms. The summed E-state index contributed by atoms with van der Waals surface area (Å²) >= 11 is 3.37. The van der Waals surface area contributed by atoms with E-state index in [4.69, 9.17) is 11.5 Å². The zero-order valence-electron chi connectivity index (χ0n) is 11.2. The monoisotopic (exact) mass is 336 g/mol. The van der Waals surface area contributed by atoms with E-state index < -0.39 is 0 Å². The Kier molecular flexibility index (Phi) is 4.57. The predicted molar refractivity (Wildman–Crippen MR) is 85.0 cm³/mol. The summed E-state index contributed by atoms with van der Waals surface area (Å²) < 4.78 is 0.890. The maximum Gasteiger partial charge on any atom is 0.230 e. The maximum atomic E-state index is 11.9. The number of amides is 1. The van der Waals surface area contributed by atoms with Crippen molar-refractivity contribution < 1.29 is 4.79 Å². The van der Waals surface area contributed by atoms with Crippen LogP contribution in [0.2, 0.25) is 0 Å². The molecular weight excluding hydrogens is 320 g/mol. The van der Waals surface area contributed by atoms with Gasteiger partial charge in [0.2, 0.25) is 5.91 Å². The highest BCUT2D eigenvalue weighted by Gasteiger charge is 2.20. The molecule has 1 atom stereocenters. The van der Waals surface area contributed by atoms with Gasteiger partial charge in [0.05, 0.1) is 17.8 Å². The number of allylic oxidation sites excluding steroid dienone is 1. The molecule has 1 aromatic carbocycles. The second-order valence-corrected chi connectivity index (χ2v) is 5.70. The van der Waals surface area contributed by atoms with Crippen molar-refractivity contribution in [2.75, 3.05) is 5.32 Å². The highest BCUT2D eigenvalue weighted by atomic mass is 79.9. The van der Waals surface area contributed by atoms with Crippen LogP contribution in [0.1, 0.15) is 19.8 Å². The van der Waals surface area contributed by atoms with E-state index in [1.54, 1.807) is 6.92 Å². The number of nitrogens with two attached hydrogens (primary N) is 2. The van der Waals surface area contributed by atoms with Crippen LogP contribution in [0.3, 0.4) is 0 Å². The Morgan fingerprint density at radius 1 is 1.60 bits per heavy atom. The van der Waals surface area contributed by atoms with Crippen LogP contribution in [0.15, 0.2) is 39.4 Å². The highest BCUT2D eigenvalue weighted by molar-refractivity contribution is 9.10. The normalized spacial score (nSPS) is 16.9. The molecule has 5 N–H and O–H groups in total.